The van der Waals surface area contributed by atoms with Crippen molar-refractivity contribution in [3.63, 3.8) is 0 Å². The minimum absolute atomic E-state index is 0.0816. The number of carbonyl (C=O) groups is 2. The van der Waals surface area contributed by atoms with E-state index in [1.54, 1.807) is 4.57 Å². The van der Waals surface area contributed by atoms with E-state index >= 15 is 0 Å². The van der Waals surface area contributed by atoms with E-state index in [1.165, 1.54) is 56.8 Å². The van der Waals surface area contributed by atoms with Crippen LogP contribution in [0.15, 0.2) is 70.6 Å². The Morgan fingerprint density at radius 2 is 1.73 bits per heavy atom. The summed E-state index contributed by atoms with van der Waals surface area (Å²) in [7, 11) is 0.581. The molecular formula is C23H21N3O5S2. The third-order valence-electron chi connectivity index (χ3n) is 5.17. The predicted molar refractivity (Wildman–Crippen MR) is 127 cm³/mol. The zero-order chi connectivity index (χ0) is 23.8. The number of hydrogen-bond acceptors (Lipinski definition) is 6. The number of benzene rings is 3. The van der Waals surface area contributed by atoms with Crippen molar-refractivity contribution in [1.29, 1.82) is 0 Å². The fraction of sp³-hybridized carbons (Fsp3) is 0.174. The van der Waals surface area contributed by atoms with Gasteiger partial charge in [0.25, 0.3) is 5.91 Å². The Morgan fingerprint density at radius 3 is 2.39 bits per heavy atom. The van der Waals surface area contributed by atoms with E-state index < -0.39 is 21.9 Å². The molecule has 4 aromatic rings. The Labute approximate surface area is 194 Å². The number of ether oxygens (including phenoxy) is 1. The van der Waals surface area contributed by atoms with Crippen LogP contribution in [0.3, 0.4) is 0 Å². The van der Waals surface area contributed by atoms with Crippen LogP contribution < -0.4 is 4.80 Å². The summed E-state index contributed by atoms with van der Waals surface area (Å²) in [4.78, 5) is 29.7. The van der Waals surface area contributed by atoms with Crippen LogP contribution in [-0.2, 0) is 26.1 Å². The van der Waals surface area contributed by atoms with Gasteiger partial charge < -0.3 is 9.30 Å². The number of hydrogen-bond donors (Lipinski definition) is 0. The number of amides is 1. The lowest BCUT2D eigenvalue weighted by Gasteiger charge is -2.11. The van der Waals surface area contributed by atoms with Gasteiger partial charge in [0.1, 0.15) is 6.54 Å². The first-order valence-corrected chi connectivity index (χ1v) is 12.2. The molecule has 0 fully saturated rings. The molecule has 3 aromatic carbocycles. The summed E-state index contributed by atoms with van der Waals surface area (Å²) < 4.78 is 33.0. The minimum atomic E-state index is -3.60. The highest BCUT2D eigenvalue weighted by Crippen LogP contribution is 2.27. The summed E-state index contributed by atoms with van der Waals surface area (Å²) in [5, 5.41) is 2.03. The number of nitrogens with zero attached hydrogens (tertiary/aromatic N) is 3. The largest absolute Gasteiger partial charge is 0.468 e. The lowest BCUT2D eigenvalue weighted by molar-refractivity contribution is -0.141. The molecular weight excluding hydrogens is 462 g/mol. The van der Waals surface area contributed by atoms with Gasteiger partial charge in [-0.2, -0.15) is 4.99 Å². The maximum Gasteiger partial charge on any atom is 0.325 e. The van der Waals surface area contributed by atoms with Crippen molar-refractivity contribution in [3.05, 3.63) is 71.0 Å². The molecule has 4 rings (SSSR count). The summed E-state index contributed by atoms with van der Waals surface area (Å²) in [6, 6.07) is 17.3. The van der Waals surface area contributed by atoms with Crippen molar-refractivity contribution in [3.8, 4) is 0 Å². The molecule has 1 aromatic heterocycles. The van der Waals surface area contributed by atoms with E-state index in [-0.39, 0.29) is 17.0 Å². The molecule has 170 valence electrons. The lowest BCUT2D eigenvalue weighted by atomic mass is 10.1. The number of fused-ring (bicyclic) bond motifs is 3. The van der Waals surface area contributed by atoms with Crippen LogP contribution in [0.25, 0.3) is 21.0 Å². The van der Waals surface area contributed by atoms with Gasteiger partial charge in [-0.25, -0.2) is 12.7 Å². The molecule has 0 aliphatic rings. The van der Waals surface area contributed by atoms with Crippen molar-refractivity contribution >= 4 is 54.2 Å². The van der Waals surface area contributed by atoms with Crippen LogP contribution in [0.5, 0.6) is 0 Å². The van der Waals surface area contributed by atoms with Gasteiger partial charge in [-0.15, -0.1) is 0 Å². The Bertz CT molecular complexity index is 1550. The van der Waals surface area contributed by atoms with Crippen LogP contribution in [0.1, 0.15) is 10.4 Å². The molecule has 10 heteroatoms. The topological polar surface area (TPSA) is 98.0 Å². The molecule has 0 aliphatic heterocycles. The molecule has 8 nitrogen and oxygen atoms in total. The first-order valence-electron chi connectivity index (χ1n) is 9.92. The highest BCUT2D eigenvalue weighted by molar-refractivity contribution is 7.89. The smallest absolute Gasteiger partial charge is 0.325 e. The lowest BCUT2D eigenvalue weighted by Crippen LogP contribution is -2.23. The molecule has 1 amide bonds. The normalized spacial score (nSPS) is 12.5. The van der Waals surface area contributed by atoms with Crippen LogP contribution in [0, 0.1) is 0 Å². The van der Waals surface area contributed by atoms with Crippen molar-refractivity contribution in [2.45, 2.75) is 11.4 Å². The summed E-state index contributed by atoms with van der Waals surface area (Å²) in [5.74, 6) is -1.01. The minimum Gasteiger partial charge on any atom is -0.468 e. The van der Waals surface area contributed by atoms with E-state index in [1.807, 2.05) is 36.4 Å². The fourth-order valence-corrected chi connectivity index (χ4v) is 5.43. The second-order valence-corrected chi connectivity index (χ2v) is 10.5. The highest BCUT2D eigenvalue weighted by Gasteiger charge is 2.18. The third kappa shape index (κ3) is 4.32. The molecule has 0 spiro atoms. The van der Waals surface area contributed by atoms with E-state index in [0.717, 1.165) is 25.3 Å². The zero-order valence-corrected chi connectivity index (χ0v) is 19.8. The molecule has 0 N–H and O–H groups in total. The predicted octanol–water partition coefficient (Wildman–Crippen LogP) is 3.02. The standard InChI is InChI=1S/C23H21N3O5S2/c1-25(2)33(29,30)17-11-8-16(9-12-17)22(28)24-23-26(14-20(27)31-3)19-13-10-15-6-4-5-7-18(15)21(19)32-23/h4-13H,14H2,1-3H3. The average Bonchev–Trinajstić information content (AvgIpc) is 3.16. The van der Waals surface area contributed by atoms with E-state index in [9.17, 15) is 18.0 Å². The summed E-state index contributed by atoms with van der Waals surface area (Å²) >= 11 is 1.31. The Balaban J connectivity index is 1.83. The Hall–Kier alpha value is -3.34. The summed E-state index contributed by atoms with van der Waals surface area (Å²) in [6.45, 7) is -0.0963. The van der Waals surface area contributed by atoms with Gasteiger partial charge >= 0.3 is 5.97 Å². The molecule has 0 aliphatic carbocycles. The van der Waals surface area contributed by atoms with Gasteiger partial charge in [-0.05, 0) is 35.7 Å². The molecule has 0 bridgehead atoms. The molecule has 0 saturated carbocycles. The SMILES string of the molecule is COC(=O)Cn1c(=NC(=O)c2ccc(S(=O)(=O)N(C)C)cc2)sc2c3ccccc3ccc21. The third-order valence-corrected chi connectivity index (χ3v) is 8.12. The monoisotopic (exact) mass is 483 g/mol. The van der Waals surface area contributed by atoms with E-state index in [2.05, 4.69) is 4.99 Å². The maximum atomic E-state index is 12.9. The summed E-state index contributed by atoms with van der Waals surface area (Å²) in [6.07, 6.45) is 0. The van der Waals surface area contributed by atoms with Gasteiger partial charge in [0, 0.05) is 25.0 Å². The number of esters is 1. The van der Waals surface area contributed by atoms with Gasteiger partial charge in [-0.1, -0.05) is 41.7 Å². The highest BCUT2D eigenvalue weighted by atomic mass is 32.2. The maximum absolute atomic E-state index is 12.9. The first-order chi connectivity index (χ1) is 15.7. The van der Waals surface area contributed by atoms with E-state index in [4.69, 9.17) is 4.74 Å². The van der Waals surface area contributed by atoms with Crippen molar-refractivity contribution in [1.82, 2.24) is 8.87 Å². The average molecular weight is 484 g/mol. The van der Waals surface area contributed by atoms with Gasteiger partial charge in [-0.3, -0.25) is 9.59 Å². The van der Waals surface area contributed by atoms with Gasteiger partial charge in [0.15, 0.2) is 4.80 Å². The van der Waals surface area contributed by atoms with Gasteiger partial charge in [0.2, 0.25) is 10.0 Å². The van der Waals surface area contributed by atoms with Crippen LogP contribution in [0.4, 0.5) is 0 Å². The quantitative estimate of drug-likeness (QED) is 0.407. The van der Waals surface area contributed by atoms with E-state index in [0.29, 0.717) is 4.80 Å². The number of sulfonamides is 1. The van der Waals surface area contributed by atoms with Gasteiger partial charge in [0.05, 0.1) is 22.2 Å². The number of carbonyl (C=O) groups excluding carboxylic acids is 2. The fourth-order valence-electron chi connectivity index (χ4n) is 3.36. The van der Waals surface area contributed by atoms with Crippen LogP contribution >= 0.6 is 11.3 Å². The second-order valence-electron chi connectivity index (χ2n) is 7.41. The molecule has 0 unspecified atom stereocenters. The molecule has 1 heterocycles. The molecule has 33 heavy (non-hydrogen) atoms. The molecule has 0 saturated heterocycles. The number of methoxy groups -OCH3 is 1. The first kappa shape index (κ1) is 22.8. The Kier molecular flexibility index (Phi) is 6.15. The van der Waals surface area contributed by atoms with Crippen LogP contribution in [0.2, 0.25) is 0 Å². The Morgan fingerprint density at radius 1 is 1.03 bits per heavy atom. The van der Waals surface area contributed by atoms with Crippen molar-refractivity contribution in [2.24, 2.45) is 4.99 Å². The zero-order valence-electron chi connectivity index (χ0n) is 18.2. The molecule has 0 atom stereocenters. The number of rotatable bonds is 5. The van der Waals surface area contributed by atoms with Crippen molar-refractivity contribution in [2.75, 3.05) is 21.2 Å². The van der Waals surface area contributed by atoms with Crippen molar-refractivity contribution < 1.29 is 22.7 Å². The number of aromatic nitrogens is 1. The van der Waals surface area contributed by atoms with Crippen LogP contribution in [-0.4, -0.2) is 50.4 Å². The molecule has 0 radical (unpaired) electrons. The summed E-state index contributed by atoms with van der Waals surface area (Å²) in [5.41, 5.74) is 1.00. The second kappa shape index (κ2) is 8.89. The number of thiazole rings is 1.